The quantitative estimate of drug-likeness (QED) is 0.167. The van der Waals surface area contributed by atoms with Gasteiger partial charge in [0.05, 0.1) is 0 Å². The van der Waals surface area contributed by atoms with Gasteiger partial charge in [-0.2, -0.15) is 0 Å². The minimum Gasteiger partial charge on any atom is -0.457 e. The van der Waals surface area contributed by atoms with E-state index < -0.39 is 53.7 Å². The molecule has 4 atom stereocenters. The van der Waals surface area contributed by atoms with Gasteiger partial charge < -0.3 is 19.1 Å². The van der Waals surface area contributed by atoms with Gasteiger partial charge in [-0.05, 0) is 70.5 Å². The zero-order chi connectivity index (χ0) is 34.6. The van der Waals surface area contributed by atoms with Crippen molar-refractivity contribution in [1.29, 1.82) is 0 Å². The van der Waals surface area contributed by atoms with Crippen molar-refractivity contribution in [1.82, 2.24) is 9.80 Å². The van der Waals surface area contributed by atoms with Crippen LogP contribution >= 0.6 is 0 Å². The topological polar surface area (TPSA) is 102 Å². The zero-order valence-electron chi connectivity index (χ0n) is 29.3. The Hall–Kier alpha value is -3.72. The Morgan fingerprint density at radius 1 is 0.674 bits per heavy atom. The first-order valence-electron chi connectivity index (χ1n) is 16.2. The fraction of sp³-hybridized carbons (Fsp3) is 0.568. The van der Waals surface area contributed by atoms with E-state index in [1.54, 1.807) is 20.8 Å². The van der Waals surface area contributed by atoms with Crippen molar-refractivity contribution in [2.75, 3.05) is 14.1 Å². The Labute approximate surface area is 275 Å². The maximum atomic E-state index is 13.7. The van der Waals surface area contributed by atoms with Crippen LogP contribution in [-0.2, 0) is 46.4 Å². The highest BCUT2D eigenvalue weighted by atomic mass is 16.6. The summed E-state index contributed by atoms with van der Waals surface area (Å²) in [6, 6.07) is 17.5. The van der Waals surface area contributed by atoms with Crippen molar-refractivity contribution in [2.45, 2.75) is 111 Å². The zero-order valence-corrected chi connectivity index (χ0v) is 29.3. The van der Waals surface area contributed by atoms with Gasteiger partial charge in [0.25, 0.3) is 5.91 Å². The smallest absolute Gasteiger partial charge is 0.348 e. The van der Waals surface area contributed by atoms with Crippen LogP contribution in [0.15, 0.2) is 60.7 Å². The highest BCUT2D eigenvalue weighted by Gasteiger charge is 2.37. The lowest BCUT2D eigenvalue weighted by molar-refractivity contribution is -0.179. The summed E-state index contributed by atoms with van der Waals surface area (Å²) >= 11 is 0. The van der Waals surface area contributed by atoms with E-state index in [0.717, 1.165) is 11.1 Å². The average Bonchev–Trinajstić information content (AvgIpc) is 2.97. The SMILES string of the molecule is CC(C)C[C@@H](C(=O)O[C@H](C)C(=O)N(C)[C@@H](CC(C)C)C(=O)O[C@H](Cc1ccccc1)C(=O)OC(C)(C)C)N(C)Cc1ccccc1. The molecule has 0 bridgehead atoms. The van der Waals surface area contributed by atoms with E-state index >= 15 is 0 Å². The van der Waals surface area contributed by atoms with Crippen molar-refractivity contribution in [3.05, 3.63) is 71.8 Å². The first-order chi connectivity index (χ1) is 21.5. The van der Waals surface area contributed by atoms with Gasteiger partial charge in [-0.1, -0.05) is 88.4 Å². The molecule has 0 aliphatic carbocycles. The monoisotopic (exact) mass is 638 g/mol. The summed E-state index contributed by atoms with van der Waals surface area (Å²) in [6.07, 6.45) is -1.40. The molecule has 0 spiro atoms. The highest BCUT2D eigenvalue weighted by molar-refractivity contribution is 5.89. The molecular weight excluding hydrogens is 584 g/mol. The second kappa shape index (κ2) is 17.8. The van der Waals surface area contributed by atoms with Crippen LogP contribution in [0.1, 0.15) is 79.4 Å². The van der Waals surface area contributed by atoms with Crippen LogP contribution in [0.25, 0.3) is 0 Å². The lowest BCUT2D eigenvalue weighted by Crippen LogP contribution is -2.50. The number of nitrogens with zero attached hydrogens (tertiary/aromatic N) is 2. The average molecular weight is 639 g/mol. The fourth-order valence-electron chi connectivity index (χ4n) is 5.07. The summed E-state index contributed by atoms with van der Waals surface area (Å²) in [5, 5.41) is 0. The molecule has 254 valence electrons. The molecule has 2 rings (SSSR count). The standard InChI is InChI=1S/C37H54N2O7/c1-25(2)21-30(38(9)24-29-19-15-12-16-20-29)34(41)44-27(5)33(40)39(10)31(22-26(3)4)35(42)45-32(36(43)46-37(6,7)8)23-28-17-13-11-14-18-28/h11-20,25-27,30-32H,21-24H2,1-10H3/t27-,30+,31+,32-/m1/s1. The highest BCUT2D eigenvalue weighted by Crippen LogP contribution is 2.20. The van der Waals surface area contributed by atoms with Crippen LogP contribution in [0.5, 0.6) is 0 Å². The molecule has 46 heavy (non-hydrogen) atoms. The van der Waals surface area contributed by atoms with Gasteiger partial charge in [0.2, 0.25) is 6.10 Å². The largest absolute Gasteiger partial charge is 0.457 e. The molecule has 9 nitrogen and oxygen atoms in total. The number of rotatable bonds is 16. The molecule has 2 aromatic carbocycles. The van der Waals surface area contributed by atoms with E-state index in [0.29, 0.717) is 13.0 Å². The molecule has 0 fully saturated rings. The molecule has 1 amide bonds. The molecule has 0 heterocycles. The lowest BCUT2D eigenvalue weighted by Gasteiger charge is -2.32. The first kappa shape index (κ1) is 38.5. The Bertz CT molecular complexity index is 1260. The number of esters is 3. The van der Waals surface area contributed by atoms with E-state index in [4.69, 9.17) is 14.2 Å². The fourth-order valence-corrected chi connectivity index (χ4v) is 5.07. The van der Waals surface area contributed by atoms with Crippen molar-refractivity contribution in [3.8, 4) is 0 Å². The minimum atomic E-state index is -1.21. The third-order valence-electron chi connectivity index (χ3n) is 7.39. The molecule has 0 N–H and O–H groups in total. The molecular formula is C37H54N2O7. The summed E-state index contributed by atoms with van der Waals surface area (Å²) in [4.78, 5) is 57.1. The van der Waals surface area contributed by atoms with Crippen molar-refractivity contribution >= 4 is 23.8 Å². The summed E-state index contributed by atoms with van der Waals surface area (Å²) in [5.41, 5.74) is 1.07. The van der Waals surface area contributed by atoms with Gasteiger partial charge in [-0.15, -0.1) is 0 Å². The predicted molar refractivity (Wildman–Crippen MR) is 179 cm³/mol. The Kier molecular flexibility index (Phi) is 14.9. The minimum absolute atomic E-state index is 0.0156. The predicted octanol–water partition coefficient (Wildman–Crippen LogP) is 5.83. The number of carbonyl (C=O) groups excluding carboxylic acids is 4. The maximum absolute atomic E-state index is 13.7. The summed E-state index contributed by atoms with van der Waals surface area (Å²) in [5.74, 6) is -2.21. The van der Waals surface area contributed by atoms with Crippen LogP contribution in [0.2, 0.25) is 0 Å². The van der Waals surface area contributed by atoms with Crippen LogP contribution in [-0.4, -0.2) is 77.6 Å². The van der Waals surface area contributed by atoms with E-state index in [1.165, 1.54) is 18.9 Å². The molecule has 2 aromatic rings. The van der Waals surface area contributed by atoms with E-state index in [-0.39, 0.29) is 24.7 Å². The molecule has 0 saturated heterocycles. The normalized spacial score (nSPS) is 14.4. The number of benzene rings is 2. The van der Waals surface area contributed by atoms with Crippen LogP contribution < -0.4 is 0 Å². The molecule has 0 aromatic heterocycles. The number of likely N-dealkylation sites (N-methyl/N-ethyl adjacent to an activating group) is 2. The lowest BCUT2D eigenvalue weighted by atomic mass is 10.0. The number of hydrogen-bond donors (Lipinski definition) is 0. The molecule has 0 radical (unpaired) electrons. The maximum Gasteiger partial charge on any atom is 0.348 e. The number of hydrogen-bond acceptors (Lipinski definition) is 8. The Morgan fingerprint density at radius 2 is 1.15 bits per heavy atom. The summed E-state index contributed by atoms with van der Waals surface area (Å²) < 4.78 is 17.1. The third kappa shape index (κ3) is 12.9. The number of amides is 1. The molecule has 0 unspecified atom stereocenters. The second-order valence-corrected chi connectivity index (χ2v) is 13.9. The summed E-state index contributed by atoms with van der Waals surface area (Å²) in [7, 11) is 3.36. The van der Waals surface area contributed by atoms with Crippen LogP contribution in [0.3, 0.4) is 0 Å². The van der Waals surface area contributed by atoms with Gasteiger partial charge in [-0.3, -0.25) is 14.5 Å². The number of carbonyl (C=O) groups is 4. The van der Waals surface area contributed by atoms with Gasteiger partial charge in [0, 0.05) is 20.0 Å². The van der Waals surface area contributed by atoms with Gasteiger partial charge in [-0.25, -0.2) is 9.59 Å². The van der Waals surface area contributed by atoms with Gasteiger partial charge in [0.1, 0.15) is 17.7 Å². The van der Waals surface area contributed by atoms with Crippen LogP contribution in [0.4, 0.5) is 0 Å². The van der Waals surface area contributed by atoms with Gasteiger partial charge in [0.15, 0.2) is 6.10 Å². The Morgan fingerprint density at radius 3 is 1.65 bits per heavy atom. The van der Waals surface area contributed by atoms with Crippen molar-refractivity contribution in [3.63, 3.8) is 0 Å². The number of ether oxygens (including phenoxy) is 3. The second-order valence-electron chi connectivity index (χ2n) is 13.9. The van der Waals surface area contributed by atoms with E-state index in [9.17, 15) is 19.2 Å². The Balaban J connectivity index is 2.22. The molecule has 0 aliphatic rings. The first-order valence-corrected chi connectivity index (χ1v) is 16.2. The molecule has 0 aliphatic heterocycles. The molecule has 0 saturated carbocycles. The third-order valence-corrected chi connectivity index (χ3v) is 7.39. The molecule has 9 heteroatoms. The van der Waals surface area contributed by atoms with E-state index in [1.807, 2.05) is 100 Å². The van der Waals surface area contributed by atoms with Crippen LogP contribution in [0, 0.1) is 11.8 Å². The van der Waals surface area contributed by atoms with Crippen molar-refractivity contribution in [2.24, 2.45) is 11.8 Å². The van der Waals surface area contributed by atoms with Gasteiger partial charge >= 0.3 is 17.9 Å². The van der Waals surface area contributed by atoms with E-state index in [2.05, 4.69) is 0 Å². The van der Waals surface area contributed by atoms with Crippen molar-refractivity contribution < 1.29 is 33.4 Å². The summed E-state index contributed by atoms with van der Waals surface area (Å²) in [6.45, 7) is 15.2.